The molecule has 0 unspecified atom stereocenters. The van der Waals surface area contributed by atoms with Crippen LogP contribution in [0.1, 0.15) is 122 Å². The Morgan fingerprint density at radius 2 is 1.30 bits per heavy atom. The third-order valence-electron chi connectivity index (χ3n) is 11.2. The number of hydrogen-bond acceptors (Lipinski definition) is 1. The molecule has 0 aromatic heterocycles. The molecule has 0 saturated heterocycles. The van der Waals surface area contributed by atoms with Crippen LogP contribution in [0.2, 0.25) is 0 Å². The minimum Gasteiger partial charge on any atom is -0.432 e. The van der Waals surface area contributed by atoms with E-state index in [0.29, 0.717) is 35.8 Å². The van der Waals surface area contributed by atoms with Gasteiger partial charge in [-0.1, -0.05) is 63.5 Å². The van der Waals surface area contributed by atoms with Crippen molar-refractivity contribution < 1.29 is 17.9 Å². The summed E-state index contributed by atoms with van der Waals surface area (Å²) in [4.78, 5) is 0. The molecule has 0 aliphatic heterocycles. The maximum absolute atomic E-state index is 15.3. The molecule has 2 aromatic rings. The molecule has 5 rings (SSSR count). The zero-order valence-corrected chi connectivity index (χ0v) is 26.4. The molecule has 43 heavy (non-hydrogen) atoms. The lowest BCUT2D eigenvalue weighted by Crippen LogP contribution is -2.38. The molecule has 3 aliphatic carbocycles. The van der Waals surface area contributed by atoms with Crippen LogP contribution < -0.4 is 4.74 Å². The summed E-state index contributed by atoms with van der Waals surface area (Å²) in [6.07, 6.45) is 15.9. The van der Waals surface area contributed by atoms with Gasteiger partial charge in [0.2, 0.25) is 0 Å². The molecular formula is C39H51F3O. The predicted molar refractivity (Wildman–Crippen MR) is 170 cm³/mol. The standard InChI is InChI=1S/C39H51F3O/c1-3-5-6-8-29-9-13-30(14-10-29)31-17-19-32(20-18-31)33-21-23-35(24-22-33)39(41,42)43-36-25-26-37(38(40)27-36)34-15-11-28(7-4-2)12-16-34/h11-12,15-16,25-27,29-33,35H,3,5-6,8-10,13-14,17-24H2,1-2H3. The number of benzene rings is 2. The van der Waals surface area contributed by atoms with Gasteiger partial charge in [-0.05, 0) is 131 Å². The minimum atomic E-state index is -3.30. The average Bonchev–Trinajstić information content (AvgIpc) is 3.02. The SMILES string of the molecule is CC#Cc1ccc(-c2ccc(OC(F)(F)C3CCC(C4CCC(C5CCC(CCCCC)CC5)CC4)CC3)cc2F)cc1. The molecule has 234 valence electrons. The molecule has 0 heterocycles. The molecule has 4 heteroatoms. The Labute approximate surface area is 258 Å². The molecule has 0 radical (unpaired) electrons. The van der Waals surface area contributed by atoms with Crippen molar-refractivity contribution in [3.8, 4) is 28.7 Å². The quantitative estimate of drug-likeness (QED) is 0.197. The lowest BCUT2D eigenvalue weighted by atomic mass is 9.65. The first-order valence-electron chi connectivity index (χ1n) is 17.3. The van der Waals surface area contributed by atoms with E-state index in [4.69, 9.17) is 4.74 Å². The third kappa shape index (κ3) is 8.40. The molecule has 0 spiro atoms. The van der Waals surface area contributed by atoms with E-state index in [2.05, 4.69) is 18.8 Å². The molecule has 3 aliphatic rings. The van der Waals surface area contributed by atoms with E-state index in [9.17, 15) is 4.39 Å². The van der Waals surface area contributed by atoms with E-state index >= 15 is 8.78 Å². The monoisotopic (exact) mass is 592 g/mol. The number of hydrogen-bond donors (Lipinski definition) is 0. The van der Waals surface area contributed by atoms with Gasteiger partial charge in [0.15, 0.2) is 0 Å². The number of halogens is 3. The van der Waals surface area contributed by atoms with Crippen LogP contribution >= 0.6 is 0 Å². The Balaban J connectivity index is 1.06. The van der Waals surface area contributed by atoms with Gasteiger partial charge in [0.1, 0.15) is 11.6 Å². The van der Waals surface area contributed by atoms with Gasteiger partial charge in [-0.2, -0.15) is 8.78 Å². The first kappa shape index (κ1) is 32.0. The van der Waals surface area contributed by atoms with Crippen molar-refractivity contribution in [2.24, 2.45) is 35.5 Å². The second-order valence-electron chi connectivity index (χ2n) is 13.8. The number of alkyl halides is 2. The summed E-state index contributed by atoms with van der Waals surface area (Å²) in [7, 11) is 0. The molecule has 1 nitrogen and oxygen atoms in total. The lowest BCUT2D eigenvalue weighted by Gasteiger charge is -2.42. The second-order valence-corrected chi connectivity index (χ2v) is 13.8. The van der Waals surface area contributed by atoms with E-state index in [0.717, 1.165) is 42.2 Å². The summed E-state index contributed by atoms with van der Waals surface area (Å²) in [5.41, 5.74) is 1.88. The number of rotatable bonds is 10. The van der Waals surface area contributed by atoms with Crippen LogP contribution in [-0.2, 0) is 0 Å². The van der Waals surface area contributed by atoms with Crippen LogP contribution in [0.15, 0.2) is 42.5 Å². The molecule has 3 fully saturated rings. The molecular weight excluding hydrogens is 541 g/mol. The van der Waals surface area contributed by atoms with Crippen molar-refractivity contribution in [2.45, 2.75) is 123 Å². The molecule has 0 amide bonds. The highest BCUT2D eigenvalue weighted by molar-refractivity contribution is 5.66. The average molecular weight is 593 g/mol. The van der Waals surface area contributed by atoms with Crippen LogP contribution in [0.4, 0.5) is 13.2 Å². The van der Waals surface area contributed by atoms with Crippen molar-refractivity contribution in [3.63, 3.8) is 0 Å². The van der Waals surface area contributed by atoms with Gasteiger partial charge in [-0.3, -0.25) is 0 Å². The van der Waals surface area contributed by atoms with Crippen molar-refractivity contribution in [2.75, 3.05) is 0 Å². The van der Waals surface area contributed by atoms with Gasteiger partial charge in [0.05, 0.1) is 5.92 Å². The fraction of sp³-hybridized carbons (Fsp3) is 0.641. The molecule has 0 atom stereocenters. The Kier molecular flexibility index (Phi) is 11.2. The van der Waals surface area contributed by atoms with Crippen molar-refractivity contribution in [3.05, 3.63) is 53.8 Å². The first-order valence-corrected chi connectivity index (χ1v) is 17.3. The first-order chi connectivity index (χ1) is 20.9. The van der Waals surface area contributed by atoms with E-state index in [1.807, 2.05) is 12.1 Å². The highest BCUT2D eigenvalue weighted by Gasteiger charge is 2.45. The summed E-state index contributed by atoms with van der Waals surface area (Å²) in [6, 6.07) is 11.3. The Morgan fingerprint density at radius 3 is 1.84 bits per heavy atom. The van der Waals surface area contributed by atoms with Crippen LogP contribution in [-0.4, -0.2) is 6.11 Å². The molecule has 0 N–H and O–H groups in total. The molecule has 2 aromatic carbocycles. The summed E-state index contributed by atoms with van der Waals surface area (Å²) in [5.74, 6) is 8.35. The third-order valence-corrected chi connectivity index (χ3v) is 11.2. The van der Waals surface area contributed by atoms with E-state index in [1.54, 1.807) is 19.1 Å². The number of unbranched alkanes of at least 4 members (excludes halogenated alkanes) is 2. The largest absolute Gasteiger partial charge is 0.432 e. The summed E-state index contributed by atoms with van der Waals surface area (Å²) >= 11 is 0. The van der Waals surface area contributed by atoms with E-state index in [1.165, 1.54) is 89.2 Å². The smallest absolute Gasteiger partial charge is 0.400 e. The zero-order chi connectivity index (χ0) is 30.2. The van der Waals surface area contributed by atoms with Gasteiger partial charge in [-0.15, -0.1) is 5.92 Å². The normalized spacial score (nSPS) is 28.1. The fourth-order valence-corrected chi connectivity index (χ4v) is 8.56. The summed E-state index contributed by atoms with van der Waals surface area (Å²) < 4.78 is 50.6. The van der Waals surface area contributed by atoms with E-state index in [-0.39, 0.29) is 5.75 Å². The van der Waals surface area contributed by atoms with Gasteiger partial charge < -0.3 is 4.74 Å². The summed E-state index contributed by atoms with van der Waals surface area (Å²) in [5, 5.41) is 0. The van der Waals surface area contributed by atoms with Crippen molar-refractivity contribution in [1.82, 2.24) is 0 Å². The maximum atomic E-state index is 15.3. The highest BCUT2D eigenvalue weighted by Crippen LogP contribution is 2.48. The molecule has 0 bridgehead atoms. The van der Waals surface area contributed by atoms with Gasteiger partial charge in [-0.25, -0.2) is 4.39 Å². The van der Waals surface area contributed by atoms with Crippen molar-refractivity contribution in [1.29, 1.82) is 0 Å². The Bertz CT molecular complexity index is 1200. The van der Waals surface area contributed by atoms with Crippen LogP contribution in [0.3, 0.4) is 0 Å². The zero-order valence-electron chi connectivity index (χ0n) is 26.4. The van der Waals surface area contributed by atoms with Gasteiger partial charge >= 0.3 is 6.11 Å². The minimum absolute atomic E-state index is 0.116. The van der Waals surface area contributed by atoms with Crippen molar-refractivity contribution >= 4 is 0 Å². The van der Waals surface area contributed by atoms with Gasteiger partial charge in [0, 0.05) is 17.2 Å². The molecule has 3 saturated carbocycles. The Morgan fingerprint density at radius 1 is 0.744 bits per heavy atom. The topological polar surface area (TPSA) is 9.23 Å². The summed E-state index contributed by atoms with van der Waals surface area (Å²) in [6.45, 7) is 4.05. The highest BCUT2D eigenvalue weighted by atomic mass is 19.3. The predicted octanol–water partition coefficient (Wildman–Crippen LogP) is 11.8. The van der Waals surface area contributed by atoms with Crippen LogP contribution in [0, 0.1) is 53.2 Å². The Hall–Kier alpha value is -2.41. The lowest BCUT2D eigenvalue weighted by molar-refractivity contribution is -0.224. The van der Waals surface area contributed by atoms with E-state index < -0.39 is 17.8 Å². The number of ether oxygens (including phenoxy) is 1. The van der Waals surface area contributed by atoms with Crippen LogP contribution in [0.5, 0.6) is 5.75 Å². The van der Waals surface area contributed by atoms with Crippen LogP contribution in [0.25, 0.3) is 11.1 Å². The maximum Gasteiger partial charge on any atom is 0.400 e. The second kappa shape index (κ2) is 15.0. The van der Waals surface area contributed by atoms with Gasteiger partial charge in [0.25, 0.3) is 0 Å². The fourth-order valence-electron chi connectivity index (χ4n) is 8.56.